The predicted molar refractivity (Wildman–Crippen MR) is 154 cm³/mol. The molecule has 2 fully saturated rings. The molecule has 3 aliphatic heterocycles. The summed E-state index contributed by atoms with van der Waals surface area (Å²) in [6.45, 7) is 2.14. The molecule has 22 nitrogen and oxygen atoms in total. The minimum Gasteiger partial charge on any atom is -0.396 e. The Morgan fingerprint density at radius 2 is 1.62 bits per heavy atom. The summed E-state index contributed by atoms with van der Waals surface area (Å²) in [5, 5.41) is 64.4. The number of phosphoric acid groups is 2. The molecule has 10 N–H and O–H groups in total. The molecule has 0 aromatic heterocycles. The number of hydrogen-bond acceptors (Lipinski definition) is 18. The van der Waals surface area contributed by atoms with E-state index in [1.165, 1.54) is 6.20 Å². The molecule has 2 amide bonds. The molecule has 24 heteroatoms. The predicted octanol–water partition coefficient (Wildman–Crippen LogP) is -4.17. The number of carbonyl (C=O) groups is 2. The third-order valence-corrected chi connectivity index (χ3v) is 9.52. The van der Waals surface area contributed by atoms with Crippen molar-refractivity contribution in [2.24, 2.45) is 0 Å². The molecule has 0 spiro atoms. The van der Waals surface area contributed by atoms with Crippen LogP contribution in [0.15, 0.2) is 24.7 Å². The molecule has 0 saturated carbocycles. The van der Waals surface area contributed by atoms with Crippen molar-refractivity contribution in [1.82, 2.24) is 15.5 Å². The Kier molecular flexibility index (Phi) is 15.5. The number of rotatable bonds is 19. The topological polar surface area (TPSA) is 322 Å². The van der Waals surface area contributed by atoms with Gasteiger partial charge in [-0.1, -0.05) is 6.58 Å². The maximum absolute atomic E-state index is 12.8. The average Bonchev–Trinajstić information content (AvgIpc) is 3.29. The van der Waals surface area contributed by atoms with Gasteiger partial charge in [0.2, 0.25) is 5.91 Å². The van der Waals surface area contributed by atoms with E-state index in [-0.39, 0.29) is 38.7 Å². The summed E-state index contributed by atoms with van der Waals surface area (Å²) < 4.78 is 60.2. The zero-order valence-corrected chi connectivity index (χ0v) is 27.1. The molecule has 3 heterocycles. The minimum atomic E-state index is -5.69. The highest BCUT2D eigenvalue weighted by Crippen LogP contribution is 2.61. The molecule has 48 heavy (non-hydrogen) atoms. The van der Waals surface area contributed by atoms with E-state index in [2.05, 4.69) is 26.0 Å². The third kappa shape index (κ3) is 11.6. The van der Waals surface area contributed by atoms with Gasteiger partial charge in [-0.2, -0.15) is 4.31 Å². The highest BCUT2D eigenvalue weighted by Gasteiger charge is 2.51. The van der Waals surface area contributed by atoms with Crippen LogP contribution in [-0.2, 0) is 51.0 Å². The van der Waals surface area contributed by atoms with E-state index in [0.29, 0.717) is 13.0 Å². The van der Waals surface area contributed by atoms with Gasteiger partial charge >= 0.3 is 15.6 Å². The second kappa shape index (κ2) is 18.4. The van der Waals surface area contributed by atoms with Crippen LogP contribution in [-0.4, -0.2) is 159 Å². The van der Waals surface area contributed by atoms with E-state index < -0.39 is 95.9 Å². The van der Waals surface area contributed by atoms with E-state index >= 15 is 0 Å². The summed E-state index contributed by atoms with van der Waals surface area (Å²) in [6, 6.07) is -1.77. The minimum absolute atomic E-state index is 0.0139. The molecule has 0 bridgehead atoms. The van der Waals surface area contributed by atoms with Crippen molar-refractivity contribution in [3.8, 4) is 0 Å². The number of amides is 2. The Hall–Kier alpha value is -1.92. The number of nitrogens with zero attached hydrogens (tertiary/aromatic N) is 1. The molecule has 3 rings (SSSR count). The molecule has 11 atom stereocenters. The second-order valence-corrected chi connectivity index (χ2v) is 13.5. The van der Waals surface area contributed by atoms with Crippen molar-refractivity contribution in [3.05, 3.63) is 24.7 Å². The highest BCUT2D eigenvalue weighted by atomic mass is 31.3. The summed E-state index contributed by atoms with van der Waals surface area (Å²) >= 11 is 0. The number of aliphatic hydroxyl groups excluding tert-OH is 6. The van der Waals surface area contributed by atoms with Crippen molar-refractivity contribution in [2.75, 3.05) is 46.2 Å². The summed E-state index contributed by atoms with van der Waals surface area (Å²) in [7, 11) is -11.2. The first-order valence-corrected chi connectivity index (χ1v) is 17.4. The standard InChI is InChI=1S/C24H41N3O19P2/c1-13-25-16(30)3-5-27(13)23-22(35)20(33)15(43-23)12-42-47(36,37)46-48(38,39)45-24-18(21(34)19(32)14(11-29)44-24)26-17(31)4-8-41-10-9-40-7-2-6-28/h3,5,14-15,18-24,28-29,32-35H,1-2,4,6-12H2,(H,25,30)(H,26,31)(H,36,37)(H,38,39)/t14?,15?,18?,19-,20?,21+,22?,23?,24-/m0/s1. The quantitative estimate of drug-likeness (QED) is 0.0444. The maximum atomic E-state index is 12.8. The molecule has 2 saturated heterocycles. The molecule has 3 aliphatic rings. The lowest BCUT2D eigenvalue weighted by Crippen LogP contribution is -2.64. The summed E-state index contributed by atoms with van der Waals surface area (Å²) in [6.07, 6.45) is -11.2. The number of carbonyl (C=O) groups excluding carboxylic acids is 2. The lowest BCUT2D eigenvalue weighted by molar-refractivity contribution is -0.248. The van der Waals surface area contributed by atoms with Crippen LogP contribution in [0.25, 0.3) is 0 Å². The van der Waals surface area contributed by atoms with Crippen molar-refractivity contribution in [1.29, 1.82) is 0 Å². The van der Waals surface area contributed by atoms with Crippen LogP contribution < -0.4 is 10.6 Å². The van der Waals surface area contributed by atoms with Crippen LogP contribution in [0.1, 0.15) is 12.8 Å². The van der Waals surface area contributed by atoms with Crippen LogP contribution >= 0.6 is 15.6 Å². The van der Waals surface area contributed by atoms with Crippen molar-refractivity contribution < 1.29 is 91.5 Å². The zero-order chi connectivity index (χ0) is 35.6. The molecule has 276 valence electrons. The van der Waals surface area contributed by atoms with E-state index in [1.807, 2.05) is 0 Å². The van der Waals surface area contributed by atoms with Crippen LogP contribution in [0.2, 0.25) is 0 Å². The SMILES string of the molecule is C=C1NC(=O)C=CN1C1OC(COP(=O)(O)OP(=O)(O)O[C@@H]2OC(CO)[C@H](O)[C@H](O)C2NC(=O)CCOCCOCCCO)C(O)C1O. The van der Waals surface area contributed by atoms with Gasteiger partial charge in [0, 0.05) is 31.9 Å². The number of phosphoric ester groups is 2. The monoisotopic (exact) mass is 737 g/mol. The number of aliphatic hydroxyl groups is 6. The lowest BCUT2D eigenvalue weighted by Gasteiger charge is -2.42. The van der Waals surface area contributed by atoms with Crippen molar-refractivity contribution >= 4 is 27.5 Å². The van der Waals surface area contributed by atoms with Gasteiger partial charge in [-0.25, -0.2) is 9.13 Å². The van der Waals surface area contributed by atoms with Crippen LogP contribution in [0, 0.1) is 0 Å². The maximum Gasteiger partial charge on any atom is 0.483 e. The van der Waals surface area contributed by atoms with Crippen LogP contribution in [0.5, 0.6) is 0 Å². The summed E-state index contributed by atoms with van der Waals surface area (Å²) in [4.78, 5) is 45.5. The normalized spacial score (nSPS) is 33.2. The van der Waals surface area contributed by atoms with E-state index in [0.717, 1.165) is 11.0 Å². The number of nitrogens with one attached hydrogen (secondary N) is 2. The van der Waals surface area contributed by atoms with E-state index in [1.54, 1.807) is 0 Å². The Morgan fingerprint density at radius 1 is 0.958 bits per heavy atom. The van der Waals surface area contributed by atoms with Crippen LogP contribution in [0.4, 0.5) is 0 Å². The fraction of sp³-hybridized carbons (Fsp3) is 0.750. The average molecular weight is 738 g/mol. The van der Waals surface area contributed by atoms with Gasteiger partial charge in [-0.3, -0.25) is 18.6 Å². The summed E-state index contributed by atoms with van der Waals surface area (Å²) in [5.74, 6) is -1.33. The largest absolute Gasteiger partial charge is 0.483 e. The van der Waals surface area contributed by atoms with Gasteiger partial charge in [-0.15, -0.1) is 0 Å². The number of ether oxygens (including phenoxy) is 4. The van der Waals surface area contributed by atoms with Gasteiger partial charge < -0.3 is 74.9 Å². The second-order valence-electron chi connectivity index (χ2n) is 10.5. The molecule has 0 aromatic carbocycles. The summed E-state index contributed by atoms with van der Waals surface area (Å²) in [5.41, 5.74) is 0. The van der Waals surface area contributed by atoms with Gasteiger partial charge in [0.1, 0.15) is 48.5 Å². The van der Waals surface area contributed by atoms with Gasteiger partial charge in [0.05, 0.1) is 33.0 Å². The smallest absolute Gasteiger partial charge is 0.396 e. The highest BCUT2D eigenvalue weighted by molar-refractivity contribution is 7.61. The van der Waals surface area contributed by atoms with E-state index in [9.17, 15) is 54.0 Å². The fourth-order valence-corrected chi connectivity index (χ4v) is 6.70. The van der Waals surface area contributed by atoms with Gasteiger partial charge in [0.15, 0.2) is 12.5 Å². The molecule has 0 aliphatic carbocycles. The first kappa shape index (κ1) is 40.5. The lowest BCUT2D eigenvalue weighted by atomic mass is 9.97. The third-order valence-electron chi connectivity index (χ3n) is 6.92. The van der Waals surface area contributed by atoms with Gasteiger partial charge in [-0.05, 0) is 6.42 Å². The Bertz CT molecular complexity index is 1230. The van der Waals surface area contributed by atoms with Crippen molar-refractivity contribution in [3.63, 3.8) is 0 Å². The first-order chi connectivity index (χ1) is 22.6. The molecule has 8 unspecified atom stereocenters. The Morgan fingerprint density at radius 3 is 2.27 bits per heavy atom. The van der Waals surface area contributed by atoms with E-state index in [4.69, 9.17) is 28.6 Å². The Balaban J connectivity index is 1.56. The fourth-order valence-electron chi connectivity index (χ4n) is 4.53. The Labute approximate surface area is 273 Å². The van der Waals surface area contributed by atoms with Crippen LogP contribution in [0.3, 0.4) is 0 Å². The van der Waals surface area contributed by atoms with Crippen molar-refractivity contribution in [2.45, 2.75) is 68.0 Å². The molecular formula is C24H41N3O19P2. The zero-order valence-electron chi connectivity index (χ0n) is 25.3. The number of hydrogen-bond donors (Lipinski definition) is 10. The molecular weight excluding hydrogens is 696 g/mol. The first-order valence-electron chi connectivity index (χ1n) is 14.4. The molecule has 0 aromatic rings. The van der Waals surface area contributed by atoms with Gasteiger partial charge in [0.25, 0.3) is 5.91 Å². The molecule has 0 radical (unpaired) electrons.